The van der Waals surface area contributed by atoms with E-state index in [0.717, 1.165) is 11.1 Å². The van der Waals surface area contributed by atoms with Crippen LogP contribution in [0.25, 0.3) is 0 Å². The summed E-state index contributed by atoms with van der Waals surface area (Å²) in [5, 5.41) is 36.5. The van der Waals surface area contributed by atoms with E-state index < -0.39 is 47.3 Å². The van der Waals surface area contributed by atoms with Crippen molar-refractivity contribution in [3.8, 4) is 17.2 Å². The van der Waals surface area contributed by atoms with Crippen molar-refractivity contribution >= 4 is 17.5 Å². The second kappa shape index (κ2) is 10.2. The third-order valence-electron chi connectivity index (χ3n) is 11.1. The van der Waals surface area contributed by atoms with E-state index in [9.17, 15) is 24.9 Å². The summed E-state index contributed by atoms with van der Waals surface area (Å²) in [6, 6.07) is -0.240. The zero-order valence-electron chi connectivity index (χ0n) is 25.9. The minimum Gasteiger partial charge on any atom is -0.504 e. The molecule has 0 radical (unpaired) electrons. The van der Waals surface area contributed by atoms with Gasteiger partial charge in [-0.1, -0.05) is 44.1 Å². The van der Waals surface area contributed by atoms with Crippen molar-refractivity contribution in [2.24, 2.45) is 40.9 Å². The molecule has 1 amide bonds. The summed E-state index contributed by atoms with van der Waals surface area (Å²) in [5.74, 6) is -4.92. The number of fused-ring (bicyclic) bond motifs is 8. The molecule has 4 N–H and O–H groups in total. The second-order valence-corrected chi connectivity index (χ2v) is 13.9. The summed E-state index contributed by atoms with van der Waals surface area (Å²) in [7, 11) is 1.33. The number of nitrogens with one attached hydrogen (secondary N) is 1. The molecule has 232 valence electrons. The predicted octanol–water partition coefficient (Wildman–Crippen LogP) is 4.37. The Morgan fingerprint density at radius 1 is 1.05 bits per heavy atom. The van der Waals surface area contributed by atoms with Gasteiger partial charge in [-0.15, -0.1) is 0 Å². The van der Waals surface area contributed by atoms with Crippen LogP contribution >= 0.6 is 0 Å². The van der Waals surface area contributed by atoms with Gasteiger partial charge in [-0.2, -0.15) is 0 Å². The van der Waals surface area contributed by atoms with E-state index in [-0.39, 0.29) is 59.2 Å². The number of aromatic hydroxyl groups is 2. The quantitative estimate of drug-likeness (QED) is 0.299. The van der Waals surface area contributed by atoms with Gasteiger partial charge in [0, 0.05) is 29.0 Å². The van der Waals surface area contributed by atoms with Gasteiger partial charge in [-0.25, -0.2) is 0 Å². The number of Topliss-reactive ketones (excluding diaryl/α,β-unsaturated/α-hetero) is 2. The lowest BCUT2D eigenvalue weighted by atomic mass is 9.51. The number of ketones is 2. The molecule has 5 aliphatic rings. The van der Waals surface area contributed by atoms with E-state index >= 15 is 4.79 Å². The number of allylic oxidation sites excluding steroid dienone is 4. The normalized spacial score (nSPS) is 39.7. The molecule has 1 aromatic carbocycles. The number of hydrogen-bond donors (Lipinski definition) is 4. The summed E-state index contributed by atoms with van der Waals surface area (Å²) >= 11 is 0. The molecular weight excluding hydrogens is 550 g/mol. The number of aliphatic hydroxyl groups is 1. The molecular formula is C34H43NO8. The fourth-order valence-corrected chi connectivity index (χ4v) is 9.08. The Morgan fingerprint density at radius 3 is 2.37 bits per heavy atom. The fourth-order valence-electron chi connectivity index (χ4n) is 9.08. The SMILES string of the molecule is COc1c(O)c(C)c2c(c1O)[C@H]1O[C@@H]2[C@H]2C(=O)[C@H](O)CC/C(C)=C/[C@H]3C=C(C)[C@@H](C)C4[C@H](CC(C)C)NC(=O)[C@]43C(=O)[C@@H]21. The van der Waals surface area contributed by atoms with Crippen LogP contribution in [0.4, 0.5) is 0 Å². The highest BCUT2D eigenvalue weighted by molar-refractivity contribution is 6.12. The number of carbonyl (C=O) groups excluding carboxylic acids is 3. The molecule has 1 aromatic rings. The zero-order valence-corrected chi connectivity index (χ0v) is 25.9. The lowest BCUT2D eigenvalue weighted by Crippen LogP contribution is -2.56. The van der Waals surface area contributed by atoms with E-state index in [1.807, 2.05) is 19.1 Å². The number of methoxy groups -OCH3 is 1. The van der Waals surface area contributed by atoms with E-state index in [4.69, 9.17) is 9.47 Å². The smallest absolute Gasteiger partial charge is 0.235 e. The predicted molar refractivity (Wildman–Crippen MR) is 157 cm³/mol. The van der Waals surface area contributed by atoms with Gasteiger partial charge in [0.2, 0.25) is 11.7 Å². The first-order valence-electron chi connectivity index (χ1n) is 15.5. The number of benzene rings is 1. The average molecular weight is 594 g/mol. The van der Waals surface area contributed by atoms with Crippen LogP contribution in [0, 0.1) is 47.8 Å². The Hall–Kier alpha value is -3.17. The van der Waals surface area contributed by atoms with Crippen LogP contribution in [0.3, 0.4) is 0 Å². The van der Waals surface area contributed by atoms with Crippen molar-refractivity contribution in [1.29, 1.82) is 0 Å². The summed E-state index contributed by atoms with van der Waals surface area (Å²) in [6.07, 6.45) is 1.95. The molecule has 0 aromatic heterocycles. The van der Waals surface area contributed by atoms with Crippen LogP contribution in [-0.4, -0.2) is 52.0 Å². The van der Waals surface area contributed by atoms with Crippen molar-refractivity contribution in [2.75, 3.05) is 7.11 Å². The zero-order chi connectivity index (χ0) is 31.3. The number of ether oxygens (including phenoxy) is 2. The van der Waals surface area contributed by atoms with Gasteiger partial charge in [0.1, 0.15) is 11.5 Å². The third kappa shape index (κ3) is 3.93. The molecule has 3 heterocycles. The minimum atomic E-state index is -1.50. The topological polar surface area (TPSA) is 142 Å². The first-order valence-corrected chi connectivity index (χ1v) is 15.5. The summed E-state index contributed by atoms with van der Waals surface area (Å²) in [4.78, 5) is 44.0. The van der Waals surface area contributed by atoms with Crippen LogP contribution < -0.4 is 10.1 Å². The number of amides is 1. The fraction of sp³-hybridized carbons (Fsp3) is 0.618. The summed E-state index contributed by atoms with van der Waals surface area (Å²) in [5.41, 5.74) is 1.63. The van der Waals surface area contributed by atoms with Gasteiger partial charge >= 0.3 is 0 Å². The van der Waals surface area contributed by atoms with Crippen LogP contribution in [0.15, 0.2) is 23.3 Å². The summed E-state index contributed by atoms with van der Waals surface area (Å²) < 4.78 is 11.7. The van der Waals surface area contributed by atoms with Crippen molar-refractivity contribution < 1.29 is 39.2 Å². The van der Waals surface area contributed by atoms with Crippen molar-refractivity contribution in [1.82, 2.24) is 5.32 Å². The minimum absolute atomic E-state index is 0.0824. The van der Waals surface area contributed by atoms with E-state index in [2.05, 4.69) is 33.0 Å². The lowest BCUT2D eigenvalue weighted by Gasteiger charge is -2.47. The highest BCUT2D eigenvalue weighted by atomic mass is 16.5. The maximum atomic E-state index is 15.5. The molecule has 43 heavy (non-hydrogen) atoms. The average Bonchev–Trinajstić information content (AvgIpc) is 3.60. The van der Waals surface area contributed by atoms with Gasteiger partial charge < -0.3 is 30.1 Å². The molecule has 9 heteroatoms. The molecule has 2 bridgehead atoms. The van der Waals surface area contributed by atoms with Crippen molar-refractivity contribution in [3.63, 3.8) is 0 Å². The number of rotatable bonds is 3. The van der Waals surface area contributed by atoms with Gasteiger partial charge in [0.05, 0.1) is 31.2 Å². The number of hydrogen-bond acceptors (Lipinski definition) is 8. The van der Waals surface area contributed by atoms with Crippen LogP contribution in [-0.2, 0) is 19.1 Å². The summed E-state index contributed by atoms with van der Waals surface area (Å²) in [6.45, 7) is 11.9. The molecule has 1 spiro atoms. The Balaban J connectivity index is 1.62. The van der Waals surface area contributed by atoms with Crippen LogP contribution in [0.2, 0.25) is 0 Å². The van der Waals surface area contributed by atoms with Gasteiger partial charge in [0.25, 0.3) is 0 Å². The van der Waals surface area contributed by atoms with Crippen molar-refractivity contribution in [2.45, 2.75) is 85.2 Å². The molecule has 3 aliphatic heterocycles. The van der Waals surface area contributed by atoms with E-state index in [0.29, 0.717) is 29.5 Å². The molecule has 0 saturated carbocycles. The van der Waals surface area contributed by atoms with Gasteiger partial charge in [-0.3, -0.25) is 14.4 Å². The first kappa shape index (κ1) is 29.9. The Bertz CT molecular complexity index is 1480. The molecule has 2 saturated heterocycles. The van der Waals surface area contributed by atoms with E-state index in [1.165, 1.54) is 7.11 Å². The monoisotopic (exact) mass is 593 g/mol. The largest absolute Gasteiger partial charge is 0.504 e. The molecule has 6 rings (SSSR count). The number of carbonyl (C=O) groups is 3. The number of aliphatic hydroxyl groups excluding tert-OH is 1. The van der Waals surface area contributed by atoms with Crippen LogP contribution in [0.1, 0.15) is 82.8 Å². The number of phenols is 2. The molecule has 2 fully saturated rings. The van der Waals surface area contributed by atoms with Crippen molar-refractivity contribution in [3.05, 3.63) is 40.0 Å². The second-order valence-electron chi connectivity index (χ2n) is 13.9. The number of phenolic OH excluding ortho intramolecular Hbond substituents is 2. The third-order valence-corrected chi connectivity index (χ3v) is 11.1. The molecule has 10 atom stereocenters. The highest BCUT2D eigenvalue weighted by Crippen LogP contribution is 2.67. The maximum absolute atomic E-state index is 15.5. The van der Waals surface area contributed by atoms with Gasteiger partial charge in [-0.05, 0) is 57.4 Å². The Kier molecular flexibility index (Phi) is 7.08. The Labute approximate surface area is 252 Å². The first-order chi connectivity index (χ1) is 20.3. The standard InChI is InChI=1S/C34H43NO8/c1-13(2)10-19-25-16(5)15(4)12-18-11-14(3)8-9-20(36)27(38)23-24(32(40)34(18,25)33(41)35-19)30-22-21(29(23)43-30)17(6)26(37)31(42-7)28(22)39/h11-13,16,18-20,23-25,29-30,36-37,39H,8-10H2,1-7H3,(H,35,41)/b14-11+/t16-,18+,19+,20-,23-,24+,25?,29+,30-,34+/m1/s1. The highest BCUT2D eigenvalue weighted by Gasteiger charge is 2.71. The molecule has 1 unspecified atom stereocenters. The maximum Gasteiger partial charge on any atom is 0.235 e. The van der Waals surface area contributed by atoms with Crippen LogP contribution in [0.5, 0.6) is 17.2 Å². The van der Waals surface area contributed by atoms with E-state index in [1.54, 1.807) is 6.92 Å². The molecule has 9 nitrogen and oxygen atoms in total. The Morgan fingerprint density at radius 2 is 1.72 bits per heavy atom. The lowest BCUT2D eigenvalue weighted by molar-refractivity contribution is -0.152. The molecule has 2 aliphatic carbocycles. The van der Waals surface area contributed by atoms with Gasteiger partial charge in [0.15, 0.2) is 23.1 Å².